The predicted octanol–water partition coefficient (Wildman–Crippen LogP) is -1.49. The molecular formula is C10H15FN5O13P3. The molecule has 3 rings (SSSR count). The molecule has 3 unspecified atom stereocenters. The van der Waals surface area contributed by atoms with Gasteiger partial charge in [0.15, 0.2) is 23.2 Å². The summed E-state index contributed by atoms with van der Waals surface area (Å²) in [6.45, 7) is -1.03. The van der Waals surface area contributed by atoms with Crippen molar-refractivity contribution in [2.45, 2.75) is 24.5 Å². The summed E-state index contributed by atoms with van der Waals surface area (Å²) in [4.78, 5) is 46.1. The molecule has 2 aromatic heterocycles. The van der Waals surface area contributed by atoms with Crippen LogP contribution in [-0.2, 0) is 31.6 Å². The summed E-state index contributed by atoms with van der Waals surface area (Å²) in [5.41, 5.74) is 5.27. The topological polar surface area (TPSA) is 279 Å². The van der Waals surface area contributed by atoms with Gasteiger partial charge in [0.25, 0.3) is 0 Å². The van der Waals surface area contributed by atoms with E-state index in [0.717, 1.165) is 10.9 Å². The zero-order chi connectivity index (χ0) is 24.1. The van der Waals surface area contributed by atoms with Crippen molar-refractivity contribution >= 4 is 40.4 Å². The van der Waals surface area contributed by atoms with Crippen molar-refractivity contribution in [3.8, 4) is 0 Å². The standard InChI is InChI=1S/C10H15FN5O13P3/c11-10-14-7(12)4-8(15-10)16(2-13-4)9-6(18)5(17)3(27-9)1-26-31(22,23)29-32(24,25)28-30(19,20)21/h2-3,5-6,9,17-18H,1H2,(H,22,23)(H,24,25)(H2,12,14,15)(H2,19,20,21)/t3-,5?,6+,9-/m1/s1. The van der Waals surface area contributed by atoms with E-state index in [9.17, 15) is 33.2 Å². The van der Waals surface area contributed by atoms with Gasteiger partial charge in [-0.15, -0.1) is 0 Å². The number of phosphoric ester groups is 1. The van der Waals surface area contributed by atoms with Crippen LogP contribution in [0.15, 0.2) is 6.33 Å². The van der Waals surface area contributed by atoms with E-state index in [4.69, 9.17) is 25.2 Å². The van der Waals surface area contributed by atoms with E-state index >= 15 is 0 Å². The molecule has 6 atom stereocenters. The Hall–Kier alpha value is -1.43. The summed E-state index contributed by atoms with van der Waals surface area (Å²) in [5.74, 6) is -0.316. The van der Waals surface area contributed by atoms with Gasteiger partial charge in [0.2, 0.25) is 0 Å². The van der Waals surface area contributed by atoms with E-state index in [-0.39, 0.29) is 17.0 Å². The van der Waals surface area contributed by atoms with Crippen molar-refractivity contribution < 1.29 is 65.8 Å². The third-order valence-corrected chi connectivity index (χ3v) is 7.65. The maximum atomic E-state index is 13.5. The first kappa shape index (κ1) is 25.2. The second-order valence-corrected chi connectivity index (χ2v) is 10.6. The lowest BCUT2D eigenvalue weighted by Gasteiger charge is -2.19. The lowest BCUT2D eigenvalue weighted by Crippen LogP contribution is -2.33. The molecule has 0 bridgehead atoms. The van der Waals surface area contributed by atoms with E-state index in [2.05, 4.69) is 28.1 Å². The summed E-state index contributed by atoms with van der Waals surface area (Å²) < 4.78 is 65.0. The zero-order valence-corrected chi connectivity index (χ0v) is 17.9. The molecule has 22 heteroatoms. The number of phosphoric acid groups is 3. The Morgan fingerprint density at radius 2 is 1.75 bits per heavy atom. The number of imidazole rings is 1. The number of nitrogens with zero attached hydrogens (tertiary/aromatic N) is 4. The summed E-state index contributed by atoms with van der Waals surface area (Å²) in [7, 11) is -16.8. The molecule has 0 spiro atoms. The highest BCUT2D eigenvalue weighted by molar-refractivity contribution is 7.66. The first-order valence-corrected chi connectivity index (χ1v) is 12.6. The van der Waals surface area contributed by atoms with Gasteiger partial charge in [-0.25, -0.2) is 18.7 Å². The number of nitrogen functional groups attached to an aromatic ring is 1. The normalized spacial score (nSPS) is 28.0. The third kappa shape index (κ3) is 5.73. The molecule has 2 aromatic rings. The molecule has 0 saturated carbocycles. The average Bonchev–Trinajstić information content (AvgIpc) is 3.12. The number of aliphatic hydroxyl groups is 2. The van der Waals surface area contributed by atoms with Crippen LogP contribution in [0.2, 0.25) is 0 Å². The number of aromatic nitrogens is 4. The van der Waals surface area contributed by atoms with Crippen LogP contribution in [-0.4, -0.2) is 74.2 Å². The monoisotopic (exact) mass is 525 g/mol. The van der Waals surface area contributed by atoms with E-state index in [1.807, 2.05) is 0 Å². The van der Waals surface area contributed by atoms with Crippen molar-refractivity contribution in [3.05, 3.63) is 12.4 Å². The fourth-order valence-corrected chi connectivity index (χ4v) is 5.69. The molecule has 1 aliphatic heterocycles. The number of halogens is 1. The first-order valence-electron chi connectivity index (χ1n) is 8.04. The molecule has 0 radical (unpaired) electrons. The van der Waals surface area contributed by atoms with Gasteiger partial charge in [-0.2, -0.15) is 23.0 Å². The summed E-state index contributed by atoms with van der Waals surface area (Å²) in [6.07, 6.45) is -6.68. The van der Waals surface area contributed by atoms with Crippen LogP contribution in [0.3, 0.4) is 0 Å². The molecule has 18 nitrogen and oxygen atoms in total. The lowest BCUT2D eigenvalue weighted by atomic mass is 10.1. The fraction of sp³-hybridized carbons (Fsp3) is 0.500. The van der Waals surface area contributed by atoms with E-state index < -0.39 is 60.7 Å². The minimum atomic E-state index is -5.74. The summed E-state index contributed by atoms with van der Waals surface area (Å²) in [6, 6.07) is 0. The minimum absolute atomic E-state index is 0.0478. The minimum Gasteiger partial charge on any atom is -0.387 e. The maximum Gasteiger partial charge on any atom is 0.490 e. The quantitative estimate of drug-likeness (QED) is 0.153. The Morgan fingerprint density at radius 3 is 2.38 bits per heavy atom. The van der Waals surface area contributed by atoms with Crippen LogP contribution in [0.4, 0.5) is 10.2 Å². The average molecular weight is 525 g/mol. The first-order chi connectivity index (χ1) is 14.6. The summed E-state index contributed by atoms with van der Waals surface area (Å²) >= 11 is 0. The molecule has 3 heterocycles. The molecule has 0 amide bonds. The molecule has 0 aliphatic carbocycles. The Balaban J connectivity index is 1.72. The molecule has 8 N–H and O–H groups in total. The second-order valence-electron chi connectivity index (χ2n) is 6.13. The molecule has 1 saturated heterocycles. The van der Waals surface area contributed by atoms with Crippen molar-refractivity contribution in [3.63, 3.8) is 0 Å². The predicted molar refractivity (Wildman–Crippen MR) is 95.4 cm³/mol. The lowest BCUT2D eigenvalue weighted by molar-refractivity contribution is -0.0503. The van der Waals surface area contributed by atoms with Gasteiger partial charge in [0.1, 0.15) is 18.3 Å². The number of fused-ring (bicyclic) bond motifs is 1. The number of hydrogen-bond donors (Lipinski definition) is 7. The molecular weight excluding hydrogens is 510 g/mol. The number of nitrogens with two attached hydrogens (primary N) is 1. The number of hydrogen-bond acceptors (Lipinski definition) is 13. The van der Waals surface area contributed by atoms with E-state index in [1.54, 1.807) is 0 Å². The van der Waals surface area contributed by atoms with Crippen molar-refractivity contribution in [2.75, 3.05) is 12.3 Å². The fourth-order valence-electron chi connectivity index (χ4n) is 2.66. The largest absolute Gasteiger partial charge is 0.490 e. The van der Waals surface area contributed by atoms with Gasteiger partial charge in [0.05, 0.1) is 12.9 Å². The SMILES string of the molecule is Nc1nc(F)nc2c1ncn2[C@@H]1O[C@H](COP(=O)(O)OP(=O)(O)OP(=O)(O)O)C(O)[C@@H]1O. The zero-order valence-electron chi connectivity index (χ0n) is 15.2. The summed E-state index contributed by atoms with van der Waals surface area (Å²) in [5, 5.41) is 20.4. The van der Waals surface area contributed by atoms with Crippen LogP contribution in [0, 0.1) is 6.08 Å². The van der Waals surface area contributed by atoms with Crippen LogP contribution in [0.1, 0.15) is 6.23 Å². The van der Waals surface area contributed by atoms with Gasteiger partial charge in [0, 0.05) is 0 Å². The molecule has 1 fully saturated rings. The molecule has 1 aliphatic rings. The van der Waals surface area contributed by atoms with Gasteiger partial charge >= 0.3 is 29.5 Å². The smallest absolute Gasteiger partial charge is 0.387 e. The number of rotatable bonds is 8. The Morgan fingerprint density at radius 1 is 1.09 bits per heavy atom. The van der Waals surface area contributed by atoms with Crippen molar-refractivity contribution in [1.82, 2.24) is 19.5 Å². The Labute approximate surface area is 175 Å². The van der Waals surface area contributed by atoms with Crippen LogP contribution < -0.4 is 5.73 Å². The van der Waals surface area contributed by atoms with Crippen LogP contribution in [0.25, 0.3) is 11.2 Å². The van der Waals surface area contributed by atoms with E-state index in [0.29, 0.717) is 0 Å². The highest BCUT2D eigenvalue weighted by Crippen LogP contribution is 2.66. The molecule has 0 aromatic carbocycles. The number of anilines is 1. The Bertz CT molecular complexity index is 1160. The highest BCUT2D eigenvalue weighted by Gasteiger charge is 2.47. The molecule has 32 heavy (non-hydrogen) atoms. The van der Waals surface area contributed by atoms with Crippen molar-refractivity contribution in [1.29, 1.82) is 0 Å². The van der Waals surface area contributed by atoms with Gasteiger partial charge in [-0.3, -0.25) is 9.09 Å². The molecule has 180 valence electrons. The van der Waals surface area contributed by atoms with Gasteiger partial charge in [-0.1, -0.05) is 0 Å². The Kier molecular flexibility index (Phi) is 6.88. The van der Waals surface area contributed by atoms with Gasteiger partial charge < -0.3 is 40.3 Å². The maximum absolute atomic E-state index is 13.5. The van der Waals surface area contributed by atoms with Crippen LogP contribution >= 0.6 is 23.5 Å². The van der Waals surface area contributed by atoms with Crippen LogP contribution in [0.5, 0.6) is 0 Å². The number of ether oxygens (including phenoxy) is 1. The van der Waals surface area contributed by atoms with Gasteiger partial charge in [-0.05, 0) is 0 Å². The third-order valence-electron chi connectivity index (χ3n) is 3.85. The number of aliphatic hydroxyl groups excluding tert-OH is 2. The van der Waals surface area contributed by atoms with Crippen molar-refractivity contribution in [2.24, 2.45) is 0 Å². The van der Waals surface area contributed by atoms with E-state index in [1.165, 1.54) is 0 Å². The second kappa shape index (κ2) is 8.73. The highest BCUT2D eigenvalue weighted by atomic mass is 31.3.